The van der Waals surface area contributed by atoms with Crippen molar-refractivity contribution in [1.82, 2.24) is 24.6 Å². The van der Waals surface area contributed by atoms with Gasteiger partial charge in [0.05, 0.1) is 13.7 Å². The van der Waals surface area contributed by atoms with Crippen LogP contribution in [0.3, 0.4) is 0 Å². The normalized spacial score (nSPS) is 15.4. The largest absolute Gasteiger partial charge is 0.468 e. The molecule has 4 rings (SSSR count). The van der Waals surface area contributed by atoms with Gasteiger partial charge in [0.15, 0.2) is 0 Å². The standard InChI is InChI=1S/C23H24ClN5O3/c1-32-23(31)21(19-4-2-3-5-20(19)24)27-10-12-28(13-11-27)22(30)18-8-6-17(7-9-18)14-29-16-25-15-26-29/h2-9,15-16,21H,10-14H2,1H3. The summed E-state index contributed by atoms with van der Waals surface area (Å²) >= 11 is 6.35. The summed E-state index contributed by atoms with van der Waals surface area (Å²) in [5, 5.41) is 4.61. The number of esters is 1. The van der Waals surface area contributed by atoms with E-state index in [1.54, 1.807) is 17.1 Å². The highest BCUT2D eigenvalue weighted by Crippen LogP contribution is 2.29. The van der Waals surface area contributed by atoms with Gasteiger partial charge in [-0.3, -0.25) is 9.69 Å². The van der Waals surface area contributed by atoms with Crippen LogP contribution in [0.25, 0.3) is 0 Å². The molecule has 1 unspecified atom stereocenters. The topological polar surface area (TPSA) is 80.6 Å². The Morgan fingerprint density at radius 2 is 1.78 bits per heavy atom. The quantitative estimate of drug-likeness (QED) is 0.534. The number of benzene rings is 2. The molecule has 166 valence electrons. The lowest BCUT2D eigenvalue weighted by Gasteiger charge is -2.38. The molecule has 9 heteroatoms. The van der Waals surface area contributed by atoms with E-state index in [2.05, 4.69) is 10.1 Å². The highest BCUT2D eigenvalue weighted by atomic mass is 35.5. The van der Waals surface area contributed by atoms with Crippen molar-refractivity contribution < 1.29 is 14.3 Å². The number of methoxy groups -OCH3 is 1. The van der Waals surface area contributed by atoms with Gasteiger partial charge in [0.1, 0.15) is 18.7 Å². The SMILES string of the molecule is COC(=O)C(c1ccccc1Cl)N1CCN(C(=O)c2ccc(Cn3cncn3)cc2)CC1. The lowest BCUT2D eigenvalue weighted by atomic mass is 10.0. The number of hydrogen-bond acceptors (Lipinski definition) is 6. The Labute approximate surface area is 191 Å². The van der Waals surface area contributed by atoms with Crippen molar-refractivity contribution in [3.8, 4) is 0 Å². The van der Waals surface area contributed by atoms with Gasteiger partial charge in [-0.25, -0.2) is 14.5 Å². The Hall–Kier alpha value is -3.23. The van der Waals surface area contributed by atoms with Crippen molar-refractivity contribution in [3.05, 3.63) is 82.9 Å². The number of nitrogens with zero attached hydrogens (tertiary/aromatic N) is 5. The molecule has 1 fully saturated rings. The van der Waals surface area contributed by atoms with Crippen LogP contribution in [0.5, 0.6) is 0 Å². The number of aromatic nitrogens is 3. The minimum atomic E-state index is -0.595. The minimum Gasteiger partial charge on any atom is -0.468 e. The third-order valence-corrected chi connectivity index (χ3v) is 5.95. The molecule has 8 nitrogen and oxygen atoms in total. The predicted octanol–water partition coefficient (Wildman–Crippen LogP) is 2.65. The van der Waals surface area contributed by atoms with E-state index in [0.29, 0.717) is 48.9 Å². The second-order valence-electron chi connectivity index (χ2n) is 7.57. The minimum absolute atomic E-state index is 0.0238. The molecule has 1 aliphatic heterocycles. The summed E-state index contributed by atoms with van der Waals surface area (Å²) in [7, 11) is 1.37. The molecule has 0 aliphatic carbocycles. The van der Waals surface area contributed by atoms with Crippen molar-refractivity contribution in [2.24, 2.45) is 0 Å². The van der Waals surface area contributed by atoms with Gasteiger partial charge in [-0.15, -0.1) is 0 Å². The zero-order chi connectivity index (χ0) is 22.5. The first-order chi connectivity index (χ1) is 15.6. The lowest BCUT2D eigenvalue weighted by molar-refractivity contribution is -0.148. The fraction of sp³-hybridized carbons (Fsp3) is 0.304. The Balaban J connectivity index is 1.40. The van der Waals surface area contributed by atoms with Crippen molar-refractivity contribution in [3.63, 3.8) is 0 Å². The van der Waals surface area contributed by atoms with Crippen molar-refractivity contribution in [2.75, 3.05) is 33.3 Å². The van der Waals surface area contributed by atoms with E-state index in [-0.39, 0.29) is 11.9 Å². The zero-order valence-electron chi connectivity index (χ0n) is 17.7. The first-order valence-corrected chi connectivity index (χ1v) is 10.7. The van der Waals surface area contributed by atoms with Gasteiger partial charge in [0.25, 0.3) is 5.91 Å². The molecule has 0 N–H and O–H groups in total. The Bertz CT molecular complexity index is 1060. The molecule has 1 amide bonds. The number of hydrogen-bond donors (Lipinski definition) is 0. The Morgan fingerprint density at radius 3 is 2.41 bits per heavy atom. The van der Waals surface area contributed by atoms with Gasteiger partial charge >= 0.3 is 5.97 Å². The van der Waals surface area contributed by atoms with Gasteiger partial charge in [0.2, 0.25) is 0 Å². The van der Waals surface area contributed by atoms with E-state index in [1.165, 1.54) is 13.4 Å². The summed E-state index contributed by atoms with van der Waals surface area (Å²) in [4.78, 5) is 33.3. The van der Waals surface area contributed by atoms with Crippen LogP contribution in [0, 0.1) is 0 Å². The molecule has 0 spiro atoms. The number of halogens is 1. The van der Waals surface area contributed by atoms with Crippen LogP contribution in [-0.2, 0) is 16.1 Å². The molecule has 0 radical (unpaired) electrons. The van der Waals surface area contributed by atoms with Crippen LogP contribution in [0.15, 0.2) is 61.2 Å². The number of carbonyl (C=O) groups is 2. The van der Waals surface area contributed by atoms with E-state index in [9.17, 15) is 9.59 Å². The second-order valence-corrected chi connectivity index (χ2v) is 7.97. The maximum Gasteiger partial charge on any atom is 0.327 e. The van der Waals surface area contributed by atoms with Gasteiger partial charge in [0, 0.05) is 36.8 Å². The number of rotatable bonds is 6. The van der Waals surface area contributed by atoms with Crippen LogP contribution in [0.2, 0.25) is 5.02 Å². The van der Waals surface area contributed by atoms with Crippen molar-refractivity contribution in [1.29, 1.82) is 0 Å². The first-order valence-electron chi connectivity index (χ1n) is 10.3. The average molecular weight is 454 g/mol. The maximum absolute atomic E-state index is 13.0. The van der Waals surface area contributed by atoms with E-state index in [1.807, 2.05) is 52.3 Å². The van der Waals surface area contributed by atoms with Gasteiger partial charge < -0.3 is 9.64 Å². The number of piperazine rings is 1. The van der Waals surface area contributed by atoms with E-state index >= 15 is 0 Å². The lowest BCUT2D eigenvalue weighted by Crippen LogP contribution is -2.51. The van der Waals surface area contributed by atoms with Crippen molar-refractivity contribution >= 4 is 23.5 Å². The van der Waals surface area contributed by atoms with E-state index < -0.39 is 6.04 Å². The fourth-order valence-corrected chi connectivity index (χ4v) is 4.14. The molecule has 1 aromatic heterocycles. The Kier molecular flexibility index (Phi) is 6.82. The molecule has 1 saturated heterocycles. The summed E-state index contributed by atoms with van der Waals surface area (Å²) in [6.45, 7) is 2.71. The van der Waals surface area contributed by atoms with E-state index in [0.717, 1.165) is 5.56 Å². The summed E-state index contributed by atoms with van der Waals surface area (Å²) in [6, 6.07) is 14.2. The smallest absolute Gasteiger partial charge is 0.327 e. The molecule has 1 aliphatic rings. The summed E-state index contributed by atoms with van der Waals surface area (Å²) in [5.74, 6) is -0.384. The summed E-state index contributed by atoms with van der Waals surface area (Å²) in [6.07, 6.45) is 3.15. The third kappa shape index (κ3) is 4.81. The molecule has 1 atom stereocenters. The molecule has 32 heavy (non-hydrogen) atoms. The van der Waals surface area contributed by atoms with Gasteiger partial charge in [-0.05, 0) is 29.3 Å². The highest BCUT2D eigenvalue weighted by molar-refractivity contribution is 6.31. The molecule has 2 heterocycles. The second kappa shape index (κ2) is 9.93. The van der Waals surface area contributed by atoms with Crippen LogP contribution in [0.1, 0.15) is 27.5 Å². The average Bonchev–Trinajstić information content (AvgIpc) is 3.34. The highest BCUT2D eigenvalue weighted by Gasteiger charge is 2.33. The predicted molar refractivity (Wildman–Crippen MR) is 119 cm³/mol. The summed E-state index contributed by atoms with van der Waals surface area (Å²) < 4.78 is 6.77. The monoisotopic (exact) mass is 453 g/mol. The third-order valence-electron chi connectivity index (χ3n) is 5.60. The number of carbonyl (C=O) groups excluding carboxylic acids is 2. The molecule has 3 aromatic rings. The van der Waals surface area contributed by atoms with Gasteiger partial charge in [-0.1, -0.05) is 41.9 Å². The molecule has 2 aromatic carbocycles. The zero-order valence-corrected chi connectivity index (χ0v) is 18.5. The van der Waals surface area contributed by atoms with Crippen LogP contribution in [-0.4, -0.2) is 69.7 Å². The molecular weight excluding hydrogens is 430 g/mol. The van der Waals surface area contributed by atoms with Crippen LogP contribution in [0.4, 0.5) is 0 Å². The molecule has 0 bridgehead atoms. The Morgan fingerprint density at radius 1 is 1.06 bits per heavy atom. The van der Waals surface area contributed by atoms with Crippen LogP contribution < -0.4 is 0 Å². The molecule has 0 saturated carbocycles. The maximum atomic E-state index is 13.0. The van der Waals surface area contributed by atoms with Crippen LogP contribution >= 0.6 is 11.6 Å². The van der Waals surface area contributed by atoms with Crippen molar-refractivity contribution in [2.45, 2.75) is 12.6 Å². The summed E-state index contributed by atoms with van der Waals surface area (Å²) in [5.41, 5.74) is 2.39. The first kappa shape index (κ1) is 22.0. The van der Waals surface area contributed by atoms with E-state index in [4.69, 9.17) is 16.3 Å². The fourth-order valence-electron chi connectivity index (χ4n) is 3.90. The van der Waals surface area contributed by atoms with Gasteiger partial charge in [-0.2, -0.15) is 5.10 Å². The molecular formula is C23H24ClN5O3. The number of amides is 1. The number of ether oxygens (including phenoxy) is 1.